The number of rotatable bonds is 3. The van der Waals surface area contributed by atoms with Crippen molar-refractivity contribution in [2.24, 2.45) is 0 Å². The molecule has 3 amide bonds. The molecule has 0 aliphatic carbocycles. The molecule has 29 heavy (non-hydrogen) atoms. The number of halogens is 1. The molecule has 2 aliphatic rings. The number of carbonyl (C=O) groups is 3. The van der Waals surface area contributed by atoms with Gasteiger partial charge in [-0.05, 0) is 42.5 Å². The second-order valence-corrected chi connectivity index (χ2v) is 7.41. The molecule has 2 aliphatic heterocycles. The molecule has 150 valence electrons. The highest BCUT2D eigenvalue weighted by Gasteiger charge is 2.57. The molecule has 0 spiro atoms. The first-order valence-electron chi connectivity index (χ1n) is 8.95. The topological polar surface area (TPSA) is 99.2 Å². The minimum atomic E-state index is -1.42. The van der Waals surface area contributed by atoms with Crippen LogP contribution in [0.1, 0.15) is 18.9 Å². The Hall–Kier alpha value is -3.10. The first kappa shape index (κ1) is 19.2. The van der Waals surface area contributed by atoms with Crippen LogP contribution in [0.15, 0.2) is 42.5 Å². The summed E-state index contributed by atoms with van der Waals surface area (Å²) in [5.74, 6) is -0.0270. The highest BCUT2D eigenvalue weighted by molar-refractivity contribution is 6.30. The predicted molar refractivity (Wildman–Crippen MR) is 106 cm³/mol. The minimum absolute atomic E-state index is 0.205. The number of nitrogens with one attached hydrogen (secondary N) is 1. The van der Waals surface area contributed by atoms with Crippen molar-refractivity contribution in [3.8, 4) is 5.75 Å². The van der Waals surface area contributed by atoms with Crippen molar-refractivity contribution in [2.75, 3.05) is 16.8 Å². The number of anilines is 2. The Morgan fingerprint density at radius 1 is 1.28 bits per heavy atom. The number of fused-ring (bicyclic) bond motifs is 3. The van der Waals surface area contributed by atoms with Crippen molar-refractivity contribution in [3.63, 3.8) is 0 Å². The average Bonchev–Trinajstić information content (AvgIpc) is 3.14. The predicted octanol–water partition coefficient (Wildman–Crippen LogP) is 2.69. The zero-order valence-corrected chi connectivity index (χ0v) is 16.2. The van der Waals surface area contributed by atoms with Gasteiger partial charge in [0.15, 0.2) is 0 Å². The average molecular weight is 416 g/mol. The van der Waals surface area contributed by atoms with E-state index in [1.54, 1.807) is 30.3 Å². The van der Waals surface area contributed by atoms with Crippen LogP contribution in [0, 0.1) is 0 Å². The molecule has 1 saturated heterocycles. The Kier molecular flexibility index (Phi) is 4.68. The van der Waals surface area contributed by atoms with E-state index in [2.05, 4.69) is 5.32 Å². The van der Waals surface area contributed by atoms with Crippen LogP contribution in [0.4, 0.5) is 16.2 Å². The van der Waals surface area contributed by atoms with E-state index < -0.39 is 17.9 Å². The lowest BCUT2D eigenvalue weighted by molar-refractivity contribution is -0.132. The summed E-state index contributed by atoms with van der Waals surface area (Å²) in [7, 11) is 0. The number of hydrogen-bond donors (Lipinski definition) is 2. The van der Waals surface area contributed by atoms with E-state index in [9.17, 15) is 19.5 Å². The third kappa shape index (κ3) is 3.20. The van der Waals surface area contributed by atoms with Gasteiger partial charge in [0.2, 0.25) is 12.3 Å². The maximum atomic E-state index is 12.2. The molecule has 0 unspecified atom stereocenters. The summed E-state index contributed by atoms with van der Waals surface area (Å²) in [5.41, 5.74) is 0.00633. The number of ether oxygens (including phenoxy) is 1. The van der Waals surface area contributed by atoms with Crippen LogP contribution in [0.2, 0.25) is 5.02 Å². The first-order valence-corrected chi connectivity index (χ1v) is 9.33. The van der Waals surface area contributed by atoms with Crippen molar-refractivity contribution in [1.29, 1.82) is 0 Å². The van der Waals surface area contributed by atoms with Crippen LogP contribution in [-0.2, 0) is 15.2 Å². The van der Waals surface area contributed by atoms with Gasteiger partial charge in [-0.2, -0.15) is 0 Å². The Balaban J connectivity index is 1.59. The normalized spacial score (nSPS) is 22.1. The van der Waals surface area contributed by atoms with Crippen LogP contribution in [0.25, 0.3) is 0 Å². The van der Waals surface area contributed by atoms with E-state index in [0.29, 0.717) is 34.9 Å². The fraction of sp³-hybridized carbons (Fsp3) is 0.250. The number of aliphatic hydroxyl groups is 1. The summed E-state index contributed by atoms with van der Waals surface area (Å²) >= 11 is 5.82. The molecule has 0 bridgehead atoms. The van der Waals surface area contributed by atoms with E-state index in [1.807, 2.05) is 0 Å². The second-order valence-electron chi connectivity index (χ2n) is 6.97. The number of benzene rings is 2. The zero-order valence-electron chi connectivity index (χ0n) is 15.5. The lowest BCUT2D eigenvalue weighted by Crippen LogP contribution is -2.50. The van der Waals surface area contributed by atoms with Gasteiger partial charge in [0.05, 0.1) is 5.69 Å². The Morgan fingerprint density at radius 2 is 2.00 bits per heavy atom. The molecule has 0 radical (unpaired) electrons. The van der Waals surface area contributed by atoms with Gasteiger partial charge >= 0.3 is 6.09 Å². The van der Waals surface area contributed by atoms with E-state index in [1.165, 1.54) is 28.9 Å². The molecule has 0 saturated carbocycles. The van der Waals surface area contributed by atoms with Crippen molar-refractivity contribution < 1.29 is 24.2 Å². The van der Waals surface area contributed by atoms with Gasteiger partial charge in [0.25, 0.3) is 0 Å². The molecule has 9 heteroatoms. The molecule has 2 aromatic rings. The number of likely N-dealkylation sites (tertiary alicyclic amines) is 1. The number of hydrogen-bond acceptors (Lipinski definition) is 5. The Morgan fingerprint density at radius 3 is 2.66 bits per heavy atom. The lowest BCUT2D eigenvalue weighted by atomic mass is 9.93. The molecule has 2 N–H and O–H groups in total. The standard InChI is InChI=1S/C20H18ClN3O5/c1-12(26)23-9-8-20(28)16-10-15(6-7-17(16)24(11-25)18(20)23)29-19(27)22-14-4-2-13(21)3-5-14/h2-7,10-11,18,28H,8-9H2,1H3,(H,22,27)/t18-,20-/m1/s1. The minimum Gasteiger partial charge on any atom is -0.410 e. The van der Waals surface area contributed by atoms with E-state index in [-0.39, 0.29) is 18.1 Å². The largest absolute Gasteiger partial charge is 0.417 e. The van der Waals surface area contributed by atoms with Crippen LogP contribution in [-0.4, -0.2) is 41.1 Å². The number of carbonyl (C=O) groups excluding carboxylic acids is 3. The van der Waals surface area contributed by atoms with E-state index in [0.717, 1.165) is 0 Å². The monoisotopic (exact) mass is 415 g/mol. The molecule has 2 atom stereocenters. The second kappa shape index (κ2) is 7.06. The molecular formula is C20H18ClN3O5. The van der Waals surface area contributed by atoms with Crippen LogP contribution >= 0.6 is 11.6 Å². The summed E-state index contributed by atoms with van der Waals surface area (Å²) in [6, 6.07) is 11.2. The van der Waals surface area contributed by atoms with Gasteiger partial charge < -0.3 is 14.7 Å². The third-order valence-corrected chi connectivity index (χ3v) is 5.50. The quantitative estimate of drug-likeness (QED) is 0.751. The molecule has 4 rings (SSSR count). The SMILES string of the molecule is CC(=O)N1CC[C@@]2(O)c3cc(OC(=O)Nc4ccc(Cl)cc4)ccc3N(C=O)[C@@H]12. The van der Waals surface area contributed by atoms with Gasteiger partial charge in [-0.3, -0.25) is 19.8 Å². The van der Waals surface area contributed by atoms with Crippen LogP contribution < -0.4 is 15.0 Å². The lowest BCUT2D eigenvalue weighted by Gasteiger charge is -2.31. The summed E-state index contributed by atoms with van der Waals surface area (Å²) < 4.78 is 5.33. The van der Waals surface area contributed by atoms with E-state index in [4.69, 9.17) is 16.3 Å². The molecule has 1 fully saturated rings. The van der Waals surface area contributed by atoms with Gasteiger partial charge in [-0.25, -0.2) is 4.79 Å². The van der Waals surface area contributed by atoms with Gasteiger partial charge in [-0.1, -0.05) is 11.6 Å². The van der Waals surface area contributed by atoms with Gasteiger partial charge in [0, 0.05) is 36.2 Å². The van der Waals surface area contributed by atoms with Crippen molar-refractivity contribution in [2.45, 2.75) is 25.1 Å². The smallest absolute Gasteiger partial charge is 0.410 e. The molecule has 2 aromatic carbocycles. The summed E-state index contributed by atoms with van der Waals surface area (Å²) in [6.45, 7) is 1.72. The summed E-state index contributed by atoms with van der Waals surface area (Å²) in [5, 5.41) is 14.4. The Bertz CT molecular complexity index is 996. The summed E-state index contributed by atoms with van der Waals surface area (Å²) in [6.07, 6.45) is -0.658. The fourth-order valence-electron chi connectivity index (χ4n) is 3.96. The molecular weight excluding hydrogens is 398 g/mol. The molecule has 0 aromatic heterocycles. The summed E-state index contributed by atoms with van der Waals surface area (Å²) in [4.78, 5) is 38.6. The Labute approximate surface area is 171 Å². The maximum Gasteiger partial charge on any atom is 0.417 e. The van der Waals surface area contributed by atoms with E-state index >= 15 is 0 Å². The maximum absolute atomic E-state index is 12.2. The van der Waals surface area contributed by atoms with Gasteiger partial charge in [-0.15, -0.1) is 0 Å². The molecule has 8 nitrogen and oxygen atoms in total. The fourth-order valence-corrected chi connectivity index (χ4v) is 4.09. The highest BCUT2D eigenvalue weighted by Crippen LogP contribution is 2.51. The zero-order chi connectivity index (χ0) is 20.8. The van der Waals surface area contributed by atoms with Crippen molar-refractivity contribution in [1.82, 2.24) is 4.90 Å². The molecule has 2 heterocycles. The van der Waals surface area contributed by atoms with Crippen LogP contribution in [0.5, 0.6) is 5.75 Å². The third-order valence-electron chi connectivity index (χ3n) is 5.25. The highest BCUT2D eigenvalue weighted by atomic mass is 35.5. The van der Waals surface area contributed by atoms with Crippen LogP contribution in [0.3, 0.4) is 0 Å². The van der Waals surface area contributed by atoms with Crippen molar-refractivity contribution in [3.05, 3.63) is 53.1 Å². The van der Waals surface area contributed by atoms with Gasteiger partial charge in [0.1, 0.15) is 17.5 Å². The number of amides is 3. The number of nitrogens with zero attached hydrogens (tertiary/aromatic N) is 2. The van der Waals surface area contributed by atoms with Crippen molar-refractivity contribution >= 4 is 41.4 Å². The first-order chi connectivity index (χ1) is 13.8.